The van der Waals surface area contributed by atoms with Crippen LogP contribution in [0.3, 0.4) is 0 Å². The van der Waals surface area contributed by atoms with Gasteiger partial charge >= 0.3 is 0 Å². The fraction of sp³-hybridized carbons (Fsp3) is 0.864. The van der Waals surface area contributed by atoms with Gasteiger partial charge in [-0.05, 0) is 43.8 Å². The van der Waals surface area contributed by atoms with E-state index in [0.717, 1.165) is 25.7 Å². The van der Waals surface area contributed by atoms with Crippen LogP contribution in [-0.4, -0.2) is 55.8 Å². The van der Waals surface area contributed by atoms with E-state index < -0.39 is 14.1 Å². The van der Waals surface area contributed by atoms with Crippen molar-refractivity contribution in [2.75, 3.05) is 6.61 Å². The molecule has 3 aliphatic heterocycles. The smallest absolute Gasteiger partial charge is 0.247 e. The molecule has 0 bridgehead atoms. The number of hydrogen-bond donors (Lipinski definition) is 0. The van der Waals surface area contributed by atoms with E-state index in [9.17, 15) is 4.79 Å². The second-order valence-corrected chi connectivity index (χ2v) is 15.4. The minimum Gasteiger partial charge on any atom is -0.414 e. The molecular formula is C22H37NO4Si. The highest BCUT2D eigenvalue weighted by atomic mass is 28.4. The fourth-order valence-corrected chi connectivity index (χ4v) is 6.41. The minimum absolute atomic E-state index is 0.0392. The fourth-order valence-electron chi connectivity index (χ4n) is 5.03. The van der Waals surface area contributed by atoms with Crippen LogP contribution in [0.4, 0.5) is 0 Å². The number of hydrogen-bond acceptors (Lipinski definition) is 4. The highest BCUT2D eigenvalue weighted by Gasteiger charge is 2.51. The molecular weight excluding hydrogens is 370 g/mol. The molecule has 28 heavy (non-hydrogen) atoms. The molecule has 0 aromatic heterocycles. The normalized spacial score (nSPS) is 35.6. The highest BCUT2D eigenvalue weighted by molar-refractivity contribution is 6.74. The molecule has 2 saturated heterocycles. The number of piperidine rings is 1. The zero-order valence-electron chi connectivity index (χ0n) is 18.2. The molecule has 3 heterocycles. The van der Waals surface area contributed by atoms with Crippen molar-refractivity contribution in [3.05, 3.63) is 12.2 Å². The first-order valence-electron chi connectivity index (χ1n) is 11.1. The first-order valence-corrected chi connectivity index (χ1v) is 14.0. The maximum Gasteiger partial charge on any atom is 0.247 e. The van der Waals surface area contributed by atoms with Crippen LogP contribution in [0.1, 0.15) is 65.7 Å². The van der Waals surface area contributed by atoms with E-state index >= 15 is 0 Å². The number of nitrogens with zero attached hydrogens (tertiary/aromatic N) is 1. The molecule has 1 saturated carbocycles. The lowest BCUT2D eigenvalue weighted by Crippen LogP contribution is -2.58. The van der Waals surface area contributed by atoms with Gasteiger partial charge in [0.15, 0.2) is 14.1 Å². The molecule has 0 radical (unpaired) electrons. The third-order valence-corrected chi connectivity index (χ3v) is 12.2. The third kappa shape index (κ3) is 3.73. The van der Waals surface area contributed by atoms with Crippen molar-refractivity contribution in [1.82, 2.24) is 4.90 Å². The van der Waals surface area contributed by atoms with Crippen molar-refractivity contribution in [2.45, 2.75) is 114 Å². The summed E-state index contributed by atoms with van der Waals surface area (Å²) in [4.78, 5) is 14.6. The molecule has 1 amide bonds. The summed E-state index contributed by atoms with van der Waals surface area (Å²) in [5.74, 6) is -0.282. The van der Waals surface area contributed by atoms with Gasteiger partial charge in [0.25, 0.3) is 0 Å². The first kappa shape index (κ1) is 20.6. The van der Waals surface area contributed by atoms with Gasteiger partial charge in [-0.3, -0.25) is 4.79 Å². The molecule has 0 unspecified atom stereocenters. The zero-order chi connectivity index (χ0) is 20.2. The van der Waals surface area contributed by atoms with Gasteiger partial charge in [-0.15, -0.1) is 0 Å². The Balaban J connectivity index is 1.51. The van der Waals surface area contributed by atoms with Gasteiger partial charge in [0.05, 0.1) is 18.7 Å². The predicted octanol–water partition coefficient (Wildman–Crippen LogP) is 4.38. The molecule has 1 spiro atoms. The Morgan fingerprint density at radius 2 is 1.89 bits per heavy atom. The summed E-state index contributed by atoms with van der Waals surface area (Å²) in [6.07, 6.45) is 11.2. The standard InChI is InChI=1S/C22H37NO4Si/c1-21(2,3)28(4,5)27-17-13-16-9-10-20(24)23(16)18(14-17)19-15-25-22(26-19)11-7-6-8-12-22/h9-10,16-19H,6-8,11-15H2,1-5H3/t16-,17+,18-,19+/m0/s1. The lowest BCUT2D eigenvalue weighted by atomic mass is 9.91. The quantitative estimate of drug-likeness (QED) is 0.651. The number of carbonyl (C=O) groups is 1. The number of rotatable bonds is 3. The second-order valence-electron chi connectivity index (χ2n) is 10.6. The summed E-state index contributed by atoms with van der Waals surface area (Å²) in [6.45, 7) is 12.1. The van der Waals surface area contributed by atoms with E-state index in [1.165, 1.54) is 19.3 Å². The Bertz CT molecular complexity index is 635. The first-order chi connectivity index (χ1) is 13.1. The molecule has 5 nitrogen and oxygen atoms in total. The van der Waals surface area contributed by atoms with E-state index in [1.807, 2.05) is 4.90 Å². The Labute approximate surface area is 170 Å². The van der Waals surface area contributed by atoms with E-state index in [1.54, 1.807) is 6.08 Å². The van der Waals surface area contributed by atoms with Crippen LogP contribution in [0.15, 0.2) is 12.2 Å². The maximum atomic E-state index is 12.6. The summed E-state index contributed by atoms with van der Waals surface area (Å²) < 4.78 is 19.5. The number of fused-ring (bicyclic) bond motifs is 1. The summed E-state index contributed by atoms with van der Waals surface area (Å²) in [5, 5.41) is 0.181. The molecule has 4 aliphatic rings. The van der Waals surface area contributed by atoms with Gasteiger partial charge in [0.1, 0.15) is 6.10 Å². The van der Waals surface area contributed by atoms with Crippen molar-refractivity contribution in [2.24, 2.45) is 0 Å². The molecule has 4 atom stereocenters. The van der Waals surface area contributed by atoms with Crippen LogP contribution in [0.2, 0.25) is 18.1 Å². The molecule has 1 aliphatic carbocycles. The third-order valence-electron chi connectivity index (χ3n) is 7.63. The number of carbonyl (C=O) groups excluding carboxylic acids is 1. The van der Waals surface area contributed by atoms with Gasteiger partial charge in [-0.1, -0.05) is 33.3 Å². The summed E-state index contributed by atoms with van der Waals surface area (Å²) >= 11 is 0. The second kappa shape index (κ2) is 7.22. The Kier molecular flexibility index (Phi) is 5.31. The average Bonchev–Trinajstić information content (AvgIpc) is 3.18. The molecule has 0 N–H and O–H groups in total. The van der Waals surface area contributed by atoms with Gasteiger partial charge in [0, 0.05) is 25.0 Å². The molecule has 4 rings (SSSR count). The number of amides is 1. The van der Waals surface area contributed by atoms with Crippen LogP contribution in [0.5, 0.6) is 0 Å². The summed E-state index contributed by atoms with van der Waals surface area (Å²) in [7, 11) is -1.86. The zero-order valence-corrected chi connectivity index (χ0v) is 19.2. The van der Waals surface area contributed by atoms with Crippen LogP contribution >= 0.6 is 0 Å². The maximum absolute atomic E-state index is 12.6. The van der Waals surface area contributed by atoms with Crippen molar-refractivity contribution >= 4 is 14.2 Å². The van der Waals surface area contributed by atoms with Crippen LogP contribution in [-0.2, 0) is 18.7 Å². The minimum atomic E-state index is -1.86. The van der Waals surface area contributed by atoms with Gasteiger partial charge < -0.3 is 18.8 Å². The van der Waals surface area contributed by atoms with E-state index in [0.29, 0.717) is 6.61 Å². The molecule has 0 aromatic rings. The molecule has 0 aromatic carbocycles. The molecule has 6 heteroatoms. The van der Waals surface area contributed by atoms with Gasteiger partial charge in [-0.2, -0.15) is 0 Å². The SMILES string of the molecule is CC(C)(C)[Si](C)(C)O[C@@H]1C[C@@H]2C=CC(=O)N2[C@H]([C@H]2COC3(CCCCC3)O2)C1. The van der Waals surface area contributed by atoms with Crippen LogP contribution < -0.4 is 0 Å². The van der Waals surface area contributed by atoms with Crippen LogP contribution in [0, 0.1) is 0 Å². The topological polar surface area (TPSA) is 48.0 Å². The predicted molar refractivity (Wildman–Crippen MR) is 112 cm³/mol. The largest absolute Gasteiger partial charge is 0.414 e. The lowest BCUT2D eigenvalue weighted by Gasteiger charge is -2.47. The van der Waals surface area contributed by atoms with Crippen molar-refractivity contribution < 1.29 is 18.7 Å². The Hall–Kier alpha value is -0.693. The van der Waals surface area contributed by atoms with Crippen molar-refractivity contribution in [3.63, 3.8) is 0 Å². The molecule has 3 fully saturated rings. The highest BCUT2D eigenvalue weighted by Crippen LogP contribution is 2.44. The van der Waals surface area contributed by atoms with E-state index in [-0.39, 0.29) is 35.2 Å². The van der Waals surface area contributed by atoms with Crippen molar-refractivity contribution in [3.8, 4) is 0 Å². The van der Waals surface area contributed by atoms with Crippen molar-refractivity contribution in [1.29, 1.82) is 0 Å². The summed E-state index contributed by atoms with van der Waals surface area (Å²) in [5.41, 5.74) is 0. The monoisotopic (exact) mass is 407 g/mol. The summed E-state index contributed by atoms with van der Waals surface area (Å²) in [6, 6.07) is 0.171. The average molecular weight is 408 g/mol. The van der Waals surface area contributed by atoms with Gasteiger partial charge in [0.2, 0.25) is 5.91 Å². The molecule has 158 valence electrons. The van der Waals surface area contributed by atoms with E-state index in [2.05, 4.69) is 39.9 Å². The number of ether oxygens (including phenoxy) is 2. The van der Waals surface area contributed by atoms with Gasteiger partial charge in [-0.25, -0.2) is 0 Å². The van der Waals surface area contributed by atoms with E-state index in [4.69, 9.17) is 13.9 Å². The van der Waals surface area contributed by atoms with Crippen LogP contribution in [0.25, 0.3) is 0 Å². The lowest BCUT2D eigenvalue weighted by molar-refractivity contribution is -0.196. The Morgan fingerprint density at radius 1 is 1.18 bits per heavy atom. The Morgan fingerprint density at radius 3 is 2.57 bits per heavy atom.